The van der Waals surface area contributed by atoms with Crippen LogP contribution in [0.3, 0.4) is 0 Å². The van der Waals surface area contributed by atoms with Crippen LogP contribution in [-0.2, 0) is 10.0 Å². The van der Waals surface area contributed by atoms with Crippen molar-refractivity contribution in [2.75, 3.05) is 35.6 Å². The smallest absolute Gasteiger partial charge is 0.319 e. The minimum absolute atomic E-state index is 0.131. The second-order valence-corrected chi connectivity index (χ2v) is 9.53. The number of aryl methyl sites for hydroxylation is 1. The Bertz CT molecular complexity index is 1400. The second-order valence-electron chi connectivity index (χ2n) is 7.77. The molecule has 10 nitrogen and oxygen atoms in total. The third-order valence-corrected chi connectivity index (χ3v) is 6.42. The van der Waals surface area contributed by atoms with Crippen molar-refractivity contribution in [3.8, 4) is 11.8 Å². The molecule has 5 N–H and O–H groups in total. The van der Waals surface area contributed by atoms with E-state index in [1.54, 1.807) is 18.3 Å². The van der Waals surface area contributed by atoms with Gasteiger partial charge in [-0.25, -0.2) is 22.9 Å². The molecule has 0 spiro atoms. The average Bonchev–Trinajstić information content (AvgIpc) is 2.83. The van der Waals surface area contributed by atoms with Gasteiger partial charge in [-0.15, -0.1) is 0 Å². The second kappa shape index (κ2) is 10.9. The number of hydrogen-bond donors (Lipinski definition) is 5. The van der Waals surface area contributed by atoms with Crippen LogP contribution in [0.5, 0.6) is 0 Å². The number of nitrogens with one attached hydrogen (secondary N) is 5. The van der Waals surface area contributed by atoms with Gasteiger partial charge in [0.2, 0.25) is 16.0 Å². The summed E-state index contributed by atoms with van der Waals surface area (Å²) in [6.07, 6.45) is 2.12. The maximum atomic E-state index is 12.5. The fourth-order valence-electron chi connectivity index (χ4n) is 3.29. The standard InChI is InChI=1S/C24H25N7O3S/c1-17-6-2-8-19(14-17)30-24(32)26-11-4-7-18-16-27-23-29-20-9-3-10-21(15-20)35(33,34)28-13-5-12-25-22(18)31-23/h2-3,6,8-10,14-16,28H,5,11-13H2,1H3,(H2,26,30,32)(H2,25,27,29,31). The summed E-state index contributed by atoms with van der Waals surface area (Å²) in [5, 5.41) is 11.7. The van der Waals surface area contributed by atoms with Crippen LogP contribution in [0.4, 0.5) is 27.9 Å². The molecule has 1 aliphatic rings. The summed E-state index contributed by atoms with van der Waals surface area (Å²) < 4.78 is 27.6. The lowest BCUT2D eigenvalue weighted by atomic mass is 10.2. The lowest BCUT2D eigenvalue weighted by molar-refractivity contribution is 0.253. The molecular formula is C24H25N7O3S. The molecule has 0 fully saturated rings. The molecule has 1 aliphatic heterocycles. The SMILES string of the molecule is Cc1cccc(NC(=O)NCC#Cc2cnc3nc2NCCCNS(=O)(=O)c2cccc(c2)N3)c1. The van der Waals surface area contributed by atoms with E-state index in [-0.39, 0.29) is 24.0 Å². The number of benzene rings is 2. The van der Waals surface area contributed by atoms with Crippen LogP contribution < -0.4 is 26.0 Å². The Labute approximate surface area is 204 Å². The number of anilines is 4. The highest BCUT2D eigenvalue weighted by molar-refractivity contribution is 7.89. The maximum absolute atomic E-state index is 12.5. The Hall–Kier alpha value is -4.14. The van der Waals surface area contributed by atoms with E-state index in [0.29, 0.717) is 41.7 Å². The first-order chi connectivity index (χ1) is 16.9. The summed E-state index contributed by atoms with van der Waals surface area (Å²) >= 11 is 0. The first-order valence-electron chi connectivity index (χ1n) is 11.0. The highest BCUT2D eigenvalue weighted by atomic mass is 32.2. The Balaban J connectivity index is 1.45. The number of urea groups is 1. The van der Waals surface area contributed by atoms with Crippen molar-refractivity contribution in [2.24, 2.45) is 0 Å². The molecule has 0 unspecified atom stereocenters. The topological polar surface area (TPSA) is 137 Å². The zero-order valence-electron chi connectivity index (χ0n) is 19.1. The fourth-order valence-corrected chi connectivity index (χ4v) is 4.41. The van der Waals surface area contributed by atoms with Gasteiger partial charge in [-0.1, -0.05) is 30.0 Å². The van der Waals surface area contributed by atoms with Gasteiger partial charge in [0, 0.05) is 24.5 Å². The van der Waals surface area contributed by atoms with Crippen molar-refractivity contribution in [2.45, 2.75) is 18.2 Å². The van der Waals surface area contributed by atoms with Crippen molar-refractivity contribution in [3.63, 3.8) is 0 Å². The Kier molecular flexibility index (Phi) is 7.45. The summed E-state index contributed by atoms with van der Waals surface area (Å²) in [5.41, 5.74) is 2.85. The molecule has 0 radical (unpaired) electrons. The van der Waals surface area contributed by atoms with Crippen molar-refractivity contribution >= 4 is 39.2 Å². The zero-order chi connectivity index (χ0) is 24.7. The number of hydrogen-bond acceptors (Lipinski definition) is 7. The van der Waals surface area contributed by atoms with Gasteiger partial charge >= 0.3 is 6.03 Å². The number of carbonyl (C=O) groups is 1. The molecule has 0 saturated heterocycles. The van der Waals surface area contributed by atoms with E-state index in [4.69, 9.17) is 0 Å². The number of fused-ring (bicyclic) bond motifs is 4. The maximum Gasteiger partial charge on any atom is 0.319 e. The molecule has 3 aromatic rings. The lowest BCUT2D eigenvalue weighted by Gasteiger charge is -2.10. The largest absolute Gasteiger partial charge is 0.369 e. The summed E-state index contributed by atoms with van der Waals surface area (Å²) in [6.45, 7) is 2.83. The molecule has 0 atom stereocenters. The first kappa shape index (κ1) is 24.0. The molecule has 1 aromatic heterocycles. The van der Waals surface area contributed by atoms with Crippen LogP contribution in [0.25, 0.3) is 0 Å². The van der Waals surface area contributed by atoms with Gasteiger partial charge in [0.1, 0.15) is 5.82 Å². The first-order valence-corrected chi connectivity index (χ1v) is 12.5. The zero-order valence-corrected chi connectivity index (χ0v) is 19.9. The van der Waals surface area contributed by atoms with Gasteiger partial charge in [0.25, 0.3) is 0 Å². The van der Waals surface area contributed by atoms with Gasteiger partial charge < -0.3 is 21.3 Å². The lowest BCUT2D eigenvalue weighted by Crippen LogP contribution is -2.28. The highest BCUT2D eigenvalue weighted by Crippen LogP contribution is 2.20. The normalized spacial score (nSPS) is 14.3. The van der Waals surface area contributed by atoms with Gasteiger partial charge in [0.15, 0.2) is 0 Å². The quantitative estimate of drug-likeness (QED) is 0.348. The molecule has 2 heterocycles. The molecule has 2 amide bonds. The van der Waals surface area contributed by atoms with Crippen LogP contribution in [-0.4, -0.2) is 44.1 Å². The Morgan fingerprint density at radius 1 is 1.14 bits per heavy atom. The van der Waals surface area contributed by atoms with Crippen LogP contribution >= 0.6 is 0 Å². The minimum Gasteiger partial charge on any atom is -0.369 e. The molecule has 4 bridgehead atoms. The molecule has 0 aliphatic carbocycles. The number of rotatable bonds is 2. The third-order valence-electron chi connectivity index (χ3n) is 4.96. The van der Waals surface area contributed by atoms with Gasteiger partial charge in [0.05, 0.1) is 23.2 Å². The van der Waals surface area contributed by atoms with Crippen molar-refractivity contribution < 1.29 is 13.2 Å². The number of amides is 2. The van der Waals surface area contributed by atoms with Crippen LogP contribution in [0.2, 0.25) is 0 Å². The third kappa shape index (κ3) is 6.69. The summed E-state index contributed by atoms with van der Waals surface area (Å²) in [5.74, 6) is 6.70. The Morgan fingerprint density at radius 3 is 2.86 bits per heavy atom. The monoisotopic (exact) mass is 491 g/mol. The van der Waals surface area contributed by atoms with Crippen molar-refractivity contribution in [1.82, 2.24) is 20.0 Å². The molecule has 11 heteroatoms. The predicted molar refractivity (Wildman–Crippen MR) is 135 cm³/mol. The number of aromatic nitrogens is 2. The summed E-state index contributed by atoms with van der Waals surface area (Å²) in [7, 11) is -3.61. The van der Waals surface area contributed by atoms with Crippen molar-refractivity contribution in [1.29, 1.82) is 0 Å². The molecule has 2 aromatic carbocycles. The van der Waals surface area contributed by atoms with Gasteiger partial charge in [-0.2, -0.15) is 4.98 Å². The molecule has 4 rings (SSSR count). The van der Waals surface area contributed by atoms with Gasteiger partial charge in [-0.05, 0) is 49.2 Å². The molecular weight excluding hydrogens is 466 g/mol. The highest BCUT2D eigenvalue weighted by Gasteiger charge is 2.15. The minimum atomic E-state index is -3.61. The van der Waals surface area contributed by atoms with E-state index in [0.717, 1.165) is 5.56 Å². The van der Waals surface area contributed by atoms with Crippen LogP contribution in [0, 0.1) is 18.8 Å². The van der Waals surface area contributed by atoms with E-state index < -0.39 is 10.0 Å². The van der Waals surface area contributed by atoms with Gasteiger partial charge in [-0.3, -0.25) is 0 Å². The van der Waals surface area contributed by atoms with E-state index in [1.807, 2.05) is 31.2 Å². The summed E-state index contributed by atoms with van der Waals surface area (Å²) in [6, 6.07) is 13.6. The molecule has 35 heavy (non-hydrogen) atoms. The summed E-state index contributed by atoms with van der Waals surface area (Å²) in [4.78, 5) is 21.0. The van der Waals surface area contributed by atoms with E-state index in [2.05, 4.69) is 47.8 Å². The number of sulfonamides is 1. The predicted octanol–water partition coefficient (Wildman–Crippen LogP) is 2.80. The number of carbonyl (C=O) groups excluding carboxylic acids is 1. The molecule has 180 valence electrons. The average molecular weight is 492 g/mol. The van der Waals surface area contributed by atoms with E-state index in [9.17, 15) is 13.2 Å². The van der Waals surface area contributed by atoms with E-state index >= 15 is 0 Å². The van der Waals surface area contributed by atoms with Crippen LogP contribution in [0.15, 0.2) is 59.6 Å². The van der Waals surface area contributed by atoms with E-state index in [1.165, 1.54) is 12.1 Å². The fraction of sp³-hybridized carbons (Fsp3) is 0.208. The van der Waals surface area contributed by atoms with Crippen molar-refractivity contribution in [3.05, 3.63) is 65.9 Å². The Morgan fingerprint density at radius 2 is 2.00 bits per heavy atom. The number of nitrogens with zero attached hydrogens (tertiary/aromatic N) is 2. The molecule has 0 saturated carbocycles. The van der Waals surface area contributed by atoms with Crippen LogP contribution in [0.1, 0.15) is 17.5 Å².